The number of amides is 1. The molecule has 5 heteroatoms. The van der Waals surface area contributed by atoms with Gasteiger partial charge in [0.1, 0.15) is 5.75 Å². The maximum atomic E-state index is 12.1. The molecule has 2 aromatic carbocycles. The van der Waals surface area contributed by atoms with Crippen LogP contribution in [0.2, 0.25) is 0 Å². The van der Waals surface area contributed by atoms with E-state index in [1.165, 1.54) is 11.3 Å². The second-order valence-corrected chi connectivity index (χ2v) is 6.27. The molecule has 5 nitrogen and oxygen atoms in total. The third kappa shape index (κ3) is 5.23. The fourth-order valence-corrected chi connectivity index (χ4v) is 2.98. The van der Waals surface area contributed by atoms with Crippen LogP contribution in [0.3, 0.4) is 0 Å². The van der Waals surface area contributed by atoms with E-state index in [0.29, 0.717) is 13.0 Å². The van der Waals surface area contributed by atoms with Crippen LogP contribution in [0, 0.1) is 0 Å². The largest absolute Gasteiger partial charge is 0.494 e. The summed E-state index contributed by atoms with van der Waals surface area (Å²) in [4.78, 5) is 14.5. The first-order valence-electron chi connectivity index (χ1n) is 9.19. The summed E-state index contributed by atoms with van der Waals surface area (Å²) in [5.41, 5.74) is 3.18. The van der Waals surface area contributed by atoms with E-state index in [2.05, 4.69) is 34.5 Å². The molecule has 0 aliphatic carbocycles. The van der Waals surface area contributed by atoms with E-state index < -0.39 is 0 Å². The zero-order valence-corrected chi connectivity index (χ0v) is 15.2. The highest BCUT2D eigenvalue weighted by Gasteiger charge is 2.11. The van der Waals surface area contributed by atoms with Crippen molar-refractivity contribution in [2.75, 3.05) is 43.1 Å². The van der Waals surface area contributed by atoms with Crippen LogP contribution in [-0.4, -0.2) is 38.8 Å². The van der Waals surface area contributed by atoms with Crippen LogP contribution in [0.15, 0.2) is 48.5 Å². The van der Waals surface area contributed by atoms with Crippen molar-refractivity contribution in [1.29, 1.82) is 0 Å². The summed E-state index contributed by atoms with van der Waals surface area (Å²) < 4.78 is 10.8. The number of morpholine rings is 1. The number of rotatable bonds is 7. The molecular formula is C21H26N2O3. The highest BCUT2D eigenvalue weighted by molar-refractivity contribution is 5.90. The lowest BCUT2D eigenvalue weighted by molar-refractivity contribution is -0.116. The van der Waals surface area contributed by atoms with E-state index in [1.54, 1.807) is 0 Å². The number of carbonyl (C=O) groups is 1. The van der Waals surface area contributed by atoms with Gasteiger partial charge >= 0.3 is 0 Å². The second-order valence-electron chi connectivity index (χ2n) is 6.27. The van der Waals surface area contributed by atoms with Gasteiger partial charge in [-0.1, -0.05) is 12.1 Å². The number of hydrogen-bond donors (Lipinski definition) is 1. The van der Waals surface area contributed by atoms with Crippen molar-refractivity contribution in [2.24, 2.45) is 0 Å². The highest BCUT2D eigenvalue weighted by Crippen LogP contribution is 2.18. The molecule has 1 amide bonds. The van der Waals surface area contributed by atoms with Gasteiger partial charge in [-0.05, 0) is 55.3 Å². The van der Waals surface area contributed by atoms with Crippen molar-refractivity contribution >= 4 is 17.3 Å². The van der Waals surface area contributed by atoms with Gasteiger partial charge in [0.25, 0.3) is 0 Å². The van der Waals surface area contributed by atoms with Crippen LogP contribution in [0.25, 0.3) is 0 Å². The van der Waals surface area contributed by atoms with E-state index in [1.807, 2.05) is 31.2 Å². The van der Waals surface area contributed by atoms with Crippen LogP contribution in [0.1, 0.15) is 18.9 Å². The van der Waals surface area contributed by atoms with Crippen LogP contribution in [0.5, 0.6) is 5.75 Å². The minimum atomic E-state index is 0.0198. The molecule has 1 saturated heterocycles. The van der Waals surface area contributed by atoms with Crippen molar-refractivity contribution in [2.45, 2.75) is 19.8 Å². The normalized spacial score (nSPS) is 14.1. The lowest BCUT2D eigenvalue weighted by Crippen LogP contribution is -2.36. The Morgan fingerprint density at radius 3 is 2.42 bits per heavy atom. The Kier molecular flexibility index (Phi) is 6.50. The van der Waals surface area contributed by atoms with Crippen LogP contribution in [0.4, 0.5) is 11.4 Å². The van der Waals surface area contributed by atoms with Gasteiger partial charge in [0.15, 0.2) is 0 Å². The zero-order chi connectivity index (χ0) is 18.2. The van der Waals surface area contributed by atoms with Crippen molar-refractivity contribution in [3.05, 3.63) is 54.1 Å². The third-order valence-electron chi connectivity index (χ3n) is 4.40. The quantitative estimate of drug-likeness (QED) is 0.827. The molecular weight excluding hydrogens is 328 g/mol. The molecule has 138 valence electrons. The first kappa shape index (κ1) is 18.3. The zero-order valence-electron chi connectivity index (χ0n) is 15.2. The Bertz CT molecular complexity index is 692. The molecule has 3 rings (SSSR count). The standard InChI is InChI=1S/C21H26N2O3/c1-2-26-20-10-6-18(7-11-20)22-21(24)12-5-17-3-8-19(9-4-17)23-13-15-25-16-14-23/h3-4,6-11H,2,5,12-16H2,1H3,(H,22,24). The summed E-state index contributed by atoms with van der Waals surface area (Å²) in [5, 5.41) is 2.93. The number of benzene rings is 2. The Hall–Kier alpha value is -2.53. The van der Waals surface area contributed by atoms with Crippen molar-refractivity contribution < 1.29 is 14.3 Å². The summed E-state index contributed by atoms with van der Waals surface area (Å²) >= 11 is 0. The smallest absolute Gasteiger partial charge is 0.224 e. The van der Waals surface area contributed by atoms with Gasteiger partial charge in [-0.15, -0.1) is 0 Å². The van der Waals surface area contributed by atoms with Crippen molar-refractivity contribution in [3.8, 4) is 5.75 Å². The molecule has 26 heavy (non-hydrogen) atoms. The minimum absolute atomic E-state index is 0.0198. The van der Waals surface area contributed by atoms with Crippen LogP contribution < -0.4 is 15.0 Å². The molecule has 0 saturated carbocycles. The van der Waals surface area contributed by atoms with Gasteiger partial charge in [0.05, 0.1) is 19.8 Å². The molecule has 0 aromatic heterocycles. The predicted molar refractivity (Wildman–Crippen MR) is 104 cm³/mol. The van der Waals surface area contributed by atoms with E-state index in [4.69, 9.17) is 9.47 Å². The molecule has 0 spiro atoms. The molecule has 0 atom stereocenters. The van der Waals surface area contributed by atoms with E-state index >= 15 is 0 Å². The number of aryl methyl sites for hydroxylation is 1. The predicted octanol–water partition coefficient (Wildman–Crippen LogP) is 3.49. The maximum absolute atomic E-state index is 12.1. The number of nitrogens with one attached hydrogen (secondary N) is 1. The fourth-order valence-electron chi connectivity index (χ4n) is 2.98. The van der Waals surface area contributed by atoms with Crippen LogP contribution in [-0.2, 0) is 16.0 Å². The van der Waals surface area contributed by atoms with Gasteiger partial charge in [-0.2, -0.15) is 0 Å². The minimum Gasteiger partial charge on any atom is -0.494 e. The Morgan fingerprint density at radius 2 is 1.77 bits per heavy atom. The van der Waals surface area contributed by atoms with Crippen molar-refractivity contribution in [1.82, 2.24) is 0 Å². The monoisotopic (exact) mass is 354 g/mol. The van der Waals surface area contributed by atoms with Crippen molar-refractivity contribution in [3.63, 3.8) is 0 Å². The number of hydrogen-bond acceptors (Lipinski definition) is 4. The first-order valence-corrected chi connectivity index (χ1v) is 9.19. The van der Waals surface area contributed by atoms with Gasteiger partial charge < -0.3 is 19.7 Å². The van der Waals surface area contributed by atoms with Gasteiger partial charge in [-0.25, -0.2) is 0 Å². The average Bonchev–Trinajstić information content (AvgIpc) is 2.69. The number of carbonyl (C=O) groups excluding carboxylic acids is 1. The Balaban J connectivity index is 1.46. The molecule has 1 fully saturated rings. The summed E-state index contributed by atoms with van der Waals surface area (Å²) in [6, 6.07) is 15.9. The lowest BCUT2D eigenvalue weighted by atomic mass is 10.1. The number of ether oxygens (including phenoxy) is 2. The number of anilines is 2. The summed E-state index contributed by atoms with van der Waals surface area (Å²) in [6.45, 7) is 6.02. The summed E-state index contributed by atoms with van der Waals surface area (Å²) in [6.07, 6.45) is 1.19. The second kappa shape index (κ2) is 9.25. The van der Waals surface area contributed by atoms with E-state index in [0.717, 1.165) is 44.2 Å². The molecule has 1 aliphatic rings. The topological polar surface area (TPSA) is 50.8 Å². The van der Waals surface area contributed by atoms with E-state index in [-0.39, 0.29) is 5.91 Å². The average molecular weight is 354 g/mol. The Morgan fingerprint density at radius 1 is 1.08 bits per heavy atom. The summed E-state index contributed by atoms with van der Waals surface area (Å²) in [5.74, 6) is 0.831. The SMILES string of the molecule is CCOc1ccc(NC(=O)CCc2ccc(N3CCOCC3)cc2)cc1. The molecule has 1 N–H and O–H groups in total. The van der Waals surface area contributed by atoms with Crippen LogP contribution >= 0.6 is 0 Å². The van der Waals surface area contributed by atoms with E-state index in [9.17, 15) is 4.79 Å². The summed E-state index contributed by atoms with van der Waals surface area (Å²) in [7, 11) is 0. The van der Waals surface area contributed by atoms with Gasteiger partial charge in [-0.3, -0.25) is 4.79 Å². The molecule has 1 heterocycles. The highest BCUT2D eigenvalue weighted by atomic mass is 16.5. The molecule has 2 aromatic rings. The molecule has 0 radical (unpaired) electrons. The molecule has 1 aliphatic heterocycles. The van der Waals surface area contributed by atoms with Gasteiger partial charge in [0.2, 0.25) is 5.91 Å². The lowest BCUT2D eigenvalue weighted by Gasteiger charge is -2.28. The maximum Gasteiger partial charge on any atom is 0.224 e. The van der Waals surface area contributed by atoms with Gasteiger partial charge in [0, 0.05) is 30.9 Å². The first-order chi connectivity index (χ1) is 12.7. The fraction of sp³-hybridized carbons (Fsp3) is 0.381. The molecule has 0 bridgehead atoms. The third-order valence-corrected chi connectivity index (χ3v) is 4.40. The number of nitrogens with zero attached hydrogens (tertiary/aromatic N) is 1. The molecule has 0 unspecified atom stereocenters. The Labute approximate surface area is 154 Å².